The summed E-state index contributed by atoms with van der Waals surface area (Å²) in [7, 11) is 0. The molecule has 3 heterocycles. The summed E-state index contributed by atoms with van der Waals surface area (Å²) in [5.74, 6) is -0.0925. The van der Waals surface area contributed by atoms with E-state index in [0.29, 0.717) is 23.1 Å². The summed E-state index contributed by atoms with van der Waals surface area (Å²) in [6.07, 6.45) is 4.57. The van der Waals surface area contributed by atoms with Crippen LogP contribution in [0.15, 0.2) is 42.7 Å². The van der Waals surface area contributed by atoms with Crippen LogP contribution in [0.4, 0.5) is 4.39 Å². The number of benzene rings is 2. The number of aromatic nitrogens is 5. The van der Waals surface area contributed by atoms with Crippen molar-refractivity contribution >= 4 is 28.5 Å². The van der Waals surface area contributed by atoms with Gasteiger partial charge in [-0.15, -0.1) is 0 Å². The van der Waals surface area contributed by atoms with E-state index in [1.807, 2.05) is 26.0 Å². The highest BCUT2D eigenvalue weighted by atomic mass is 35.5. The zero-order chi connectivity index (χ0) is 21.8. The van der Waals surface area contributed by atoms with Crippen LogP contribution in [0.5, 0.6) is 0 Å². The monoisotopic (exact) mass is 438 g/mol. The summed E-state index contributed by atoms with van der Waals surface area (Å²) < 4.78 is 14.1. The Morgan fingerprint density at radius 2 is 2.00 bits per heavy atom. The molecule has 0 saturated carbocycles. The van der Waals surface area contributed by atoms with Crippen LogP contribution in [-0.2, 0) is 5.54 Å². The Bertz CT molecular complexity index is 1300. The van der Waals surface area contributed by atoms with Gasteiger partial charge in [0.25, 0.3) is 5.91 Å². The lowest BCUT2D eigenvalue weighted by atomic mass is 9.97. The highest BCUT2D eigenvalue weighted by Crippen LogP contribution is 2.40. The summed E-state index contributed by atoms with van der Waals surface area (Å²) in [4.78, 5) is 24.9. The van der Waals surface area contributed by atoms with E-state index in [9.17, 15) is 9.18 Å². The number of imidazole rings is 1. The molecule has 0 radical (unpaired) electrons. The second-order valence-corrected chi connectivity index (χ2v) is 8.38. The van der Waals surface area contributed by atoms with Gasteiger partial charge in [-0.3, -0.25) is 4.79 Å². The molecule has 1 aliphatic heterocycles. The van der Waals surface area contributed by atoms with Gasteiger partial charge in [0.15, 0.2) is 0 Å². The predicted molar refractivity (Wildman–Crippen MR) is 115 cm³/mol. The lowest BCUT2D eigenvalue weighted by molar-refractivity contribution is 0.0605. The Morgan fingerprint density at radius 3 is 2.77 bits per heavy atom. The Balaban J connectivity index is 1.59. The van der Waals surface area contributed by atoms with Crippen LogP contribution in [0.25, 0.3) is 16.7 Å². The quantitative estimate of drug-likeness (QED) is 0.514. The lowest BCUT2D eigenvalue weighted by Gasteiger charge is -2.34. The maximum Gasteiger partial charge on any atom is 0.257 e. The molecule has 1 N–H and O–H groups in total. The number of H-pyrrole nitrogens is 1. The van der Waals surface area contributed by atoms with Gasteiger partial charge in [-0.05, 0) is 62.6 Å². The van der Waals surface area contributed by atoms with Gasteiger partial charge < -0.3 is 9.88 Å². The molecule has 1 aliphatic rings. The van der Waals surface area contributed by atoms with Crippen molar-refractivity contribution in [2.45, 2.75) is 32.2 Å². The number of likely N-dealkylation sites (tertiary alicyclic amines) is 1. The first-order chi connectivity index (χ1) is 14.9. The Kier molecular flexibility index (Phi) is 4.55. The van der Waals surface area contributed by atoms with Gasteiger partial charge >= 0.3 is 0 Å². The molecule has 7 nitrogen and oxygen atoms in total. The Morgan fingerprint density at radius 1 is 1.23 bits per heavy atom. The van der Waals surface area contributed by atoms with Crippen molar-refractivity contribution in [2.75, 3.05) is 6.54 Å². The summed E-state index contributed by atoms with van der Waals surface area (Å²) in [6, 6.07) is 7.77. The molecule has 158 valence electrons. The van der Waals surface area contributed by atoms with E-state index in [1.54, 1.807) is 4.90 Å². The SMILES string of the molecule is Cc1c(Cl)ccc2[nH]c(C3(C)CCCN3C(=O)c3cc(F)ccc3-n3nccn3)nc12. The van der Waals surface area contributed by atoms with Crippen LogP contribution in [-0.4, -0.2) is 42.3 Å². The summed E-state index contributed by atoms with van der Waals surface area (Å²) in [5.41, 5.74) is 2.51. The number of aromatic amines is 1. The van der Waals surface area contributed by atoms with Gasteiger partial charge in [-0.1, -0.05) is 11.6 Å². The number of rotatable bonds is 3. The molecular weight excluding hydrogens is 419 g/mol. The van der Waals surface area contributed by atoms with Crippen molar-refractivity contribution in [3.8, 4) is 5.69 Å². The van der Waals surface area contributed by atoms with E-state index >= 15 is 0 Å². The van der Waals surface area contributed by atoms with E-state index in [4.69, 9.17) is 16.6 Å². The number of amides is 1. The zero-order valence-corrected chi connectivity index (χ0v) is 17.8. The number of aryl methyl sites for hydroxylation is 1. The third-order valence-electron chi connectivity index (χ3n) is 6.06. The van der Waals surface area contributed by atoms with E-state index in [0.717, 1.165) is 29.4 Å². The molecule has 5 rings (SSSR count). The summed E-state index contributed by atoms with van der Waals surface area (Å²) in [5, 5.41) is 8.86. The van der Waals surface area contributed by atoms with Gasteiger partial charge in [-0.2, -0.15) is 15.0 Å². The van der Waals surface area contributed by atoms with Gasteiger partial charge in [0.2, 0.25) is 0 Å². The minimum absolute atomic E-state index is 0.208. The minimum atomic E-state index is -0.670. The number of nitrogens with one attached hydrogen (secondary N) is 1. The average Bonchev–Trinajstić information content (AvgIpc) is 3.50. The number of halogens is 2. The van der Waals surface area contributed by atoms with Crippen molar-refractivity contribution in [3.05, 3.63) is 70.5 Å². The molecule has 2 aromatic heterocycles. The van der Waals surface area contributed by atoms with Crippen LogP contribution in [0, 0.1) is 12.7 Å². The molecule has 1 fully saturated rings. The third kappa shape index (κ3) is 3.09. The molecule has 4 aromatic rings. The smallest absolute Gasteiger partial charge is 0.257 e. The molecule has 1 atom stereocenters. The standard InChI is InChI=1S/C22H20ClFN6O/c1-13-16(23)5-6-17-19(13)28-21(27-17)22(2)8-3-11-29(22)20(31)15-12-14(24)4-7-18(15)30-25-9-10-26-30/h4-7,9-10,12H,3,8,11H2,1-2H3,(H,27,28). The average molecular weight is 439 g/mol. The van der Waals surface area contributed by atoms with Crippen LogP contribution < -0.4 is 0 Å². The number of hydrogen-bond donors (Lipinski definition) is 1. The first-order valence-corrected chi connectivity index (χ1v) is 10.4. The van der Waals surface area contributed by atoms with Gasteiger partial charge in [0, 0.05) is 11.6 Å². The molecule has 1 unspecified atom stereocenters. The second kappa shape index (κ2) is 7.16. The predicted octanol–water partition coefficient (Wildman–Crippen LogP) is 4.40. The Hall–Kier alpha value is -3.26. The summed E-state index contributed by atoms with van der Waals surface area (Å²) in [6.45, 7) is 4.44. The zero-order valence-electron chi connectivity index (χ0n) is 17.1. The first-order valence-electron chi connectivity index (χ1n) is 10.0. The Labute approximate surface area is 182 Å². The van der Waals surface area contributed by atoms with Crippen LogP contribution in [0.2, 0.25) is 5.02 Å². The van der Waals surface area contributed by atoms with Crippen molar-refractivity contribution in [2.24, 2.45) is 0 Å². The van der Waals surface area contributed by atoms with Crippen molar-refractivity contribution in [3.63, 3.8) is 0 Å². The number of carbonyl (C=O) groups is 1. The fraction of sp³-hybridized carbons (Fsp3) is 0.273. The topological polar surface area (TPSA) is 79.7 Å². The molecule has 2 aromatic carbocycles. The fourth-order valence-electron chi connectivity index (χ4n) is 4.32. The van der Waals surface area contributed by atoms with Gasteiger partial charge in [0.05, 0.1) is 40.2 Å². The second-order valence-electron chi connectivity index (χ2n) is 7.97. The molecule has 1 saturated heterocycles. The van der Waals surface area contributed by atoms with Crippen LogP contribution >= 0.6 is 11.6 Å². The molecule has 0 spiro atoms. The molecule has 0 bridgehead atoms. The highest BCUT2D eigenvalue weighted by Gasteiger charge is 2.44. The fourth-order valence-corrected chi connectivity index (χ4v) is 4.47. The first kappa shape index (κ1) is 19.7. The molecule has 31 heavy (non-hydrogen) atoms. The maximum atomic E-state index is 14.1. The number of nitrogens with zero attached hydrogens (tertiary/aromatic N) is 5. The lowest BCUT2D eigenvalue weighted by Crippen LogP contribution is -2.44. The third-order valence-corrected chi connectivity index (χ3v) is 6.47. The molecular formula is C22H20ClFN6O. The number of hydrogen-bond acceptors (Lipinski definition) is 4. The normalized spacial score (nSPS) is 18.8. The summed E-state index contributed by atoms with van der Waals surface area (Å²) >= 11 is 6.26. The van der Waals surface area contributed by atoms with Crippen molar-refractivity contribution in [1.82, 2.24) is 29.9 Å². The number of carbonyl (C=O) groups excluding carboxylic acids is 1. The molecule has 1 amide bonds. The number of fused-ring (bicyclic) bond motifs is 1. The van der Waals surface area contributed by atoms with E-state index in [2.05, 4.69) is 15.2 Å². The molecule has 0 aliphatic carbocycles. The van der Waals surface area contributed by atoms with Crippen molar-refractivity contribution < 1.29 is 9.18 Å². The van der Waals surface area contributed by atoms with E-state index < -0.39 is 11.4 Å². The highest BCUT2D eigenvalue weighted by molar-refractivity contribution is 6.32. The van der Waals surface area contributed by atoms with Crippen LogP contribution in [0.3, 0.4) is 0 Å². The maximum absolute atomic E-state index is 14.1. The minimum Gasteiger partial charge on any atom is -0.340 e. The molecule has 9 heteroatoms. The van der Waals surface area contributed by atoms with Gasteiger partial charge in [-0.25, -0.2) is 9.37 Å². The van der Waals surface area contributed by atoms with E-state index in [-0.39, 0.29) is 11.5 Å². The van der Waals surface area contributed by atoms with E-state index in [1.165, 1.54) is 35.4 Å². The van der Waals surface area contributed by atoms with Crippen LogP contribution in [0.1, 0.15) is 41.5 Å². The largest absolute Gasteiger partial charge is 0.340 e. The van der Waals surface area contributed by atoms with Crippen molar-refractivity contribution in [1.29, 1.82) is 0 Å². The van der Waals surface area contributed by atoms with Gasteiger partial charge in [0.1, 0.15) is 11.6 Å².